The van der Waals surface area contributed by atoms with Crippen molar-refractivity contribution in [1.82, 2.24) is 9.97 Å². The van der Waals surface area contributed by atoms with Crippen molar-refractivity contribution in [3.05, 3.63) is 11.9 Å². The van der Waals surface area contributed by atoms with Gasteiger partial charge in [0.2, 0.25) is 0 Å². The SMILES string of the molecule is CNc1cc(NCC(COC)OC)nc(C2CC2)n1. The number of hydrogen-bond acceptors (Lipinski definition) is 6. The summed E-state index contributed by atoms with van der Waals surface area (Å²) in [7, 11) is 5.21. The molecule has 1 aromatic heterocycles. The topological polar surface area (TPSA) is 68.3 Å². The van der Waals surface area contributed by atoms with E-state index in [-0.39, 0.29) is 6.10 Å². The van der Waals surface area contributed by atoms with Gasteiger partial charge in [0, 0.05) is 39.8 Å². The van der Waals surface area contributed by atoms with Gasteiger partial charge in [-0.25, -0.2) is 9.97 Å². The van der Waals surface area contributed by atoms with Crippen LogP contribution in [0.25, 0.3) is 0 Å². The molecule has 1 aliphatic rings. The standard InChI is InChI=1S/C13H22N4O2/c1-14-11-6-12(15-7-10(19-3)8-18-2)17-13(16-11)9-4-5-9/h6,9-10H,4-5,7-8H2,1-3H3,(H2,14,15,16,17). The average molecular weight is 266 g/mol. The first-order valence-electron chi connectivity index (χ1n) is 6.59. The molecule has 6 nitrogen and oxygen atoms in total. The van der Waals surface area contributed by atoms with E-state index < -0.39 is 0 Å². The zero-order valence-electron chi connectivity index (χ0n) is 11.8. The van der Waals surface area contributed by atoms with Crippen LogP contribution >= 0.6 is 0 Å². The summed E-state index contributed by atoms with van der Waals surface area (Å²) in [5.41, 5.74) is 0. The Bertz CT molecular complexity index is 410. The molecule has 1 atom stereocenters. The minimum atomic E-state index is 0.0161. The van der Waals surface area contributed by atoms with Crippen molar-refractivity contribution in [2.24, 2.45) is 0 Å². The zero-order chi connectivity index (χ0) is 13.7. The highest BCUT2D eigenvalue weighted by Crippen LogP contribution is 2.38. The molecule has 0 aliphatic heterocycles. The van der Waals surface area contributed by atoms with Crippen molar-refractivity contribution in [1.29, 1.82) is 0 Å². The van der Waals surface area contributed by atoms with Gasteiger partial charge in [0.1, 0.15) is 17.5 Å². The molecule has 1 heterocycles. The predicted molar refractivity (Wildman–Crippen MR) is 74.7 cm³/mol. The molecule has 1 saturated carbocycles. The van der Waals surface area contributed by atoms with Gasteiger partial charge < -0.3 is 20.1 Å². The van der Waals surface area contributed by atoms with Crippen LogP contribution in [0.3, 0.4) is 0 Å². The van der Waals surface area contributed by atoms with Gasteiger partial charge in [-0.2, -0.15) is 0 Å². The lowest BCUT2D eigenvalue weighted by Gasteiger charge is -2.16. The molecule has 19 heavy (non-hydrogen) atoms. The summed E-state index contributed by atoms with van der Waals surface area (Å²) in [6, 6.07) is 1.91. The Kier molecular flexibility index (Phi) is 4.93. The van der Waals surface area contributed by atoms with E-state index in [2.05, 4.69) is 20.6 Å². The van der Waals surface area contributed by atoms with Crippen LogP contribution in [0.5, 0.6) is 0 Å². The number of rotatable bonds is 8. The van der Waals surface area contributed by atoms with Gasteiger partial charge in [-0.3, -0.25) is 0 Å². The van der Waals surface area contributed by atoms with Crippen LogP contribution in [-0.2, 0) is 9.47 Å². The number of methoxy groups -OCH3 is 2. The van der Waals surface area contributed by atoms with Crippen LogP contribution in [0, 0.1) is 0 Å². The second-order valence-electron chi connectivity index (χ2n) is 4.71. The average Bonchev–Trinajstić information content (AvgIpc) is 3.27. The summed E-state index contributed by atoms with van der Waals surface area (Å²) in [5.74, 6) is 3.14. The van der Waals surface area contributed by atoms with Crippen molar-refractivity contribution in [2.45, 2.75) is 24.9 Å². The molecule has 0 radical (unpaired) electrons. The molecule has 1 unspecified atom stereocenters. The molecule has 106 valence electrons. The number of aromatic nitrogens is 2. The molecule has 1 aromatic rings. The third kappa shape index (κ3) is 4.04. The molecule has 6 heteroatoms. The van der Waals surface area contributed by atoms with Crippen molar-refractivity contribution in [3.8, 4) is 0 Å². The van der Waals surface area contributed by atoms with Gasteiger partial charge in [-0.05, 0) is 12.8 Å². The molecule has 1 aliphatic carbocycles. The minimum absolute atomic E-state index is 0.0161. The third-order valence-electron chi connectivity index (χ3n) is 3.14. The number of hydrogen-bond donors (Lipinski definition) is 2. The van der Waals surface area contributed by atoms with Crippen LogP contribution in [0.15, 0.2) is 6.07 Å². The first kappa shape index (κ1) is 14.0. The summed E-state index contributed by atoms with van der Waals surface area (Å²) >= 11 is 0. The van der Waals surface area contributed by atoms with Crippen LogP contribution in [0.1, 0.15) is 24.6 Å². The summed E-state index contributed by atoms with van der Waals surface area (Å²) < 4.78 is 10.4. The normalized spacial score (nSPS) is 16.2. The number of ether oxygens (including phenoxy) is 2. The Morgan fingerprint density at radius 3 is 2.63 bits per heavy atom. The second-order valence-corrected chi connectivity index (χ2v) is 4.71. The molecular formula is C13H22N4O2. The maximum atomic E-state index is 5.31. The lowest BCUT2D eigenvalue weighted by Crippen LogP contribution is -2.27. The van der Waals surface area contributed by atoms with E-state index in [1.807, 2.05) is 13.1 Å². The summed E-state index contributed by atoms with van der Waals surface area (Å²) in [6.07, 6.45) is 2.40. The van der Waals surface area contributed by atoms with E-state index in [0.29, 0.717) is 19.1 Å². The Morgan fingerprint density at radius 2 is 2.05 bits per heavy atom. The van der Waals surface area contributed by atoms with Crippen molar-refractivity contribution < 1.29 is 9.47 Å². The number of anilines is 2. The summed E-state index contributed by atoms with van der Waals surface area (Å²) in [4.78, 5) is 9.03. The smallest absolute Gasteiger partial charge is 0.136 e. The predicted octanol–water partition coefficient (Wildman–Crippen LogP) is 1.47. The molecule has 0 amide bonds. The Labute approximate surface area is 113 Å². The van der Waals surface area contributed by atoms with Crippen molar-refractivity contribution >= 4 is 11.6 Å². The molecule has 2 N–H and O–H groups in total. The minimum Gasteiger partial charge on any atom is -0.382 e. The zero-order valence-corrected chi connectivity index (χ0v) is 11.8. The van der Waals surface area contributed by atoms with Crippen molar-refractivity contribution in [2.75, 3.05) is 45.1 Å². The lowest BCUT2D eigenvalue weighted by atomic mass is 10.3. The first-order chi connectivity index (χ1) is 9.26. The van der Waals surface area contributed by atoms with Crippen molar-refractivity contribution in [3.63, 3.8) is 0 Å². The fourth-order valence-electron chi connectivity index (χ4n) is 1.82. The molecule has 0 bridgehead atoms. The highest BCUT2D eigenvalue weighted by Gasteiger charge is 2.27. The van der Waals surface area contributed by atoms with E-state index in [4.69, 9.17) is 9.47 Å². The number of nitrogens with one attached hydrogen (secondary N) is 2. The van der Waals surface area contributed by atoms with E-state index >= 15 is 0 Å². The molecule has 0 aromatic carbocycles. The van der Waals surface area contributed by atoms with E-state index in [1.165, 1.54) is 12.8 Å². The molecular weight excluding hydrogens is 244 g/mol. The molecule has 2 rings (SSSR count). The van der Waals surface area contributed by atoms with Gasteiger partial charge in [-0.15, -0.1) is 0 Å². The number of nitrogens with zero attached hydrogens (tertiary/aromatic N) is 2. The molecule has 0 saturated heterocycles. The summed E-state index contributed by atoms with van der Waals surface area (Å²) in [6.45, 7) is 1.22. The first-order valence-corrected chi connectivity index (χ1v) is 6.59. The Balaban J connectivity index is 2.00. The van der Waals surface area contributed by atoms with Crippen LogP contribution in [0.2, 0.25) is 0 Å². The second kappa shape index (κ2) is 6.68. The third-order valence-corrected chi connectivity index (χ3v) is 3.14. The van der Waals surface area contributed by atoms with Gasteiger partial charge in [0.05, 0.1) is 12.7 Å². The van der Waals surface area contributed by atoms with Gasteiger partial charge in [0.15, 0.2) is 0 Å². The van der Waals surface area contributed by atoms with Crippen LogP contribution in [-0.4, -0.2) is 50.5 Å². The maximum Gasteiger partial charge on any atom is 0.136 e. The summed E-state index contributed by atoms with van der Waals surface area (Å²) in [5, 5.41) is 6.35. The molecule has 0 spiro atoms. The van der Waals surface area contributed by atoms with E-state index in [0.717, 1.165) is 17.5 Å². The monoisotopic (exact) mass is 266 g/mol. The largest absolute Gasteiger partial charge is 0.382 e. The van der Waals surface area contributed by atoms with E-state index in [1.54, 1.807) is 14.2 Å². The van der Waals surface area contributed by atoms with Crippen LogP contribution in [0.4, 0.5) is 11.6 Å². The lowest BCUT2D eigenvalue weighted by molar-refractivity contribution is 0.0365. The Hall–Kier alpha value is -1.40. The fourth-order valence-corrected chi connectivity index (χ4v) is 1.82. The van der Waals surface area contributed by atoms with E-state index in [9.17, 15) is 0 Å². The van der Waals surface area contributed by atoms with Crippen LogP contribution < -0.4 is 10.6 Å². The van der Waals surface area contributed by atoms with Gasteiger partial charge in [0.25, 0.3) is 0 Å². The highest BCUT2D eigenvalue weighted by molar-refractivity contribution is 5.47. The quantitative estimate of drug-likeness (QED) is 0.742. The van der Waals surface area contributed by atoms with Gasteiger partial charge in [-0.1, -0.05) is 0 Å². The highest BCUT2D eigenvalue weighted by atomic mass is 16.5. The maximum absolute atomic E-state index is 5.31. The molecule has 1 fully saturated rings. The Morgan fingerprint density at radius 1 is 1.32 bits per heavy atom. The fraction of sp³-hybridized carbons (Fsp3) is 0.692. The van der Waals surface area contributed by atoms with Gasteiger partial charge >= 0.3 is 0 Å².